The minimum Gasteiger partial charge on any atom is -0.389 e. The predicted molar refractivity (Wildman–Crippen MR) is 80.1 cm³/mol. The molecule has 0 fully saturated rings. The number of aryl methyl sites for hydroxylation is 1. The number of thiocarbonyl (C=S) groups is 1. The Labute approximate surface area is 115 Å². The molecule has 1 aromatic rings. The molecule has 0 atom stereocenters. The van der Waals surface area contributed by atoms with Crippen molar-refractivity contribution >= 4 is 23.0 Å². The topological polar surface area (TPSA) is 55.0 Å². The van der Waals surface area contributed by atoms with Crippen molar-refractivity contribution in [2.24, 2.45) is 11.1 Å². The van der Waals surface area contributed by atoms with Crippen LogP contribution in [0.1, 0.15) is 37.6 Å². The Balaban J connectivity index is 3.24. The molecule has 4 nitrogen and oxygen atoms in total. The summed E-state index contributed by atoms with van der Waals surface area (Å²) in [4.78, 5) is 2.44. The van der Waals surface area contributed by atoms with Crippen LogP contribution in [0.3, 0.4) is 0 Å². The van der Waals surface area contributed by atoms with E-state index in [1.807, 2.05) is 20.9 Å². The number of rotatable bonds is 3. The highest BCUT2D eigenvalue weighted by Crippen LogP contribution is 2.24. The van der Waals surface area contributed by atoms with Gasteiger partial charge in [-0.05, 0) is 24.8 Å². The number of nitrogens with two attached hydrogens (primary N) is 1. The summed E-state index contributed by atoms with van der Waals surface area (Å²) in [6.45, 7) is 11.3. The average molecular weight is 266 g/mol. The smallest absolute Gasteiger partial charge is 0.161 e. The number of hydrogen-bond acceptors (Lipinski definition) is 4. The summed E-state index contributed by atoms with van der Waals surface area (Å²) in [6, 6.07) is 0. The van der Waals surface area contributed by atoms with Gasteiger partial charge in [0.1, 0.15) is 4.99 Å². The van der Waals surface area contributed by atoms with Crippen molar-refractivity contribution in [2.45, 2.75) is 34.6 Å². The fourth-order valence-corrected chi connectivity index (χ4v) is 2.19. The van der Waals surface area contributed by atoms with Crippen LogP contribution in [-0.2, 0) is 0 Å². The maximum absolute atomic E-state index is 5.82. The first-order valence-electron chi connectivity index (χ1n) is 5.98. The molecule has 0 saturated carbocycles. The van der Waals surface area contributed by atoms with Gasteiger partial charge in [0.25, 0.3) is 0 Å². The molecule has 1 aromatic heterocycles. The fourth-order valence-electron chi connectivity index (χ4n) is 1.94. The van der Waals surface area contributed by atoms with Crippen molar-refractivity contribution in [3.05, 3.63) is 16.8 Å². The molecule has 1 rings (SSSR count). The van der Waals surface area contributed by atoms with Crippen molar-refractivity contribution in [3.8, 4) is 0 Å². The van der Waals surface area contributed by atoms with E-state index in [-0.39, 0.29) is 5.41 Å². The average Bonchev–Trinajstić information content (AvgIpc) is 2.18. The SMILES string of the molecule is Cc1nnc(N(C)CC(C)(C)C)c(C(N)=S)c1C. The zero-order valence-corrected chi connectivity index (χ0v) is 12.9. The molecular formula is C13H22N4S. The van der Waals surface area contributed by atoms with Gasteiger partial charge in [0.15, 0.2) is 5.82 Å². The molecule has 0 aromatic carbocycles. The van der Waals surface area contributed by atoms with Crippen molar-refractivity contribution in [3.63, 3.8) is 0 Å². The quantitative estimate of drug-likeness (QED) is 0.850. The van der Waals surface area contributed by atoms with Gasteiger partial charge in [-0.1, -0.05) is 33.0 Å². The van der Waals surface area contributed by atoms with Crippen LogP contribution in [0, 0.1) is 19.3 Å². The van der Waals surface area contributed by atoms with Gasteiger partial charge in [-0.2, -0.15) is 5.10 Å². The third-order valence-electron chi connectivity index (χ3n) is 2.76. The third-order valence-corrected chi connectivity index (χ3v) is 2.96. The Morgan fingerprint density at radius 1 is 1.28 bits per heavy atom. The fraction of sp³-hybridized carbons (Fsp3) is 0.615. The summed E-state index contributed by atoms with van der Waals surface area (Å²) in [7, 11) is 1.99. The summed E-state index contributed by atoms with van der Waals surface area (Å²) in [6.07, 6.45) is 0. The molecule has 2 N–H and O–H groups in total. The second kappa shape index (κ2) is 5.18. The largest absolute Gasteiger partial charge is 0.389 e. The van der Waals surface area contributed by atoms with E-state index in [1.165, 1.54) is 0 Å². The second-order valence-corrected chi connectivity index (χ2v) is 6.33. The zero-order valence-electron chi connectivity index (χ0n) is 12.0. The lowest BCUT2D eigenvalue weighted by Gasteiger charge is -2.28. The Hall–Kier alpha value is -1.23. The van der Waals surface area contributed by atoms with Gasteiger partial charge in [0.2, 0.25) is 0 Å². The van der Waals surface area contributed by atoms with Gasteiger partial charge >= 0.3 is 0 Å². The van der Waals surface area contributed by atoms with Crippen molar-refractivity contribution in [1.82, 2.24) is 10.2 Å². The van der Waals surface area contributed by atoms with Gasteiger partial charge in [-0.15, -0.1) is 5.10 Å². The maximum atomic E-state index is 5.82. The summed E-state index contributed by atoms with van der Waals surface area (Å²) < 4.78 is 0. The number of hydrogen-bond donors (Lipinski definition) is 1. The molecule has 0 unspecified atom stereocenters. The van der Waals surface area contributed by atoms with Crippen LogP contribution in [0.15, 0.2) is 0 Å². The molecule has 0 aliphatic heterocycles. The molecule has 0 bridgehead atoms. The third kappa shape index (κ3) is 3.38. The highest BCUT2D eigenvalue weighted by Gasteiger charge is 2.20. The van der Waals surface area contributed by atoms with Gasteiger partial charge in [-0.25, -0.2) is 0 Å². The van der Waals surface area contributed by atoms with E-state index in [9.17, 15) is 0 Å². The van der Waals surface area contributed by atoms with E-state index in [1.54, 1.807) is 0 Å². The van der Waals surface area contributed by atoms with E-state index < -0.39 is 0 Å². The molecule has 0 saturated heterocycles. The van der Waals surface area contributed by atoms with Crippen molar-refractivity contribution in [1.29, 1.82) is 0 Å². The summed E-state index contributed by atoms with van der Waals surface area (Å²) in [5.74, 6) is 0.764. The zero-order chi connectivity index (χ0) is 14.1. The van der Waals surface area contributed by atoms with Crippen LogP contribution in [0.5, 0.6) is 0 Å². The Morgan fingerprint density at radius 3 is 2.28 bits per heavy atom. The molecule has 100 valence electrons. The Kier molecular flexibility index (Phi) is 4.27. The van der Waals surface area contributed by atoms with E-state index >= 15 is 0 Å². The van der Waals surface area contributed by atoms with E-state index in [0.29, 0.717) is 4.99 Å². The van der Waals surface area contributed by atoms with Crippen molar-refractivity contribution in [2.75, 3.05) is 18.5 Å². The minimum absolute atomic E-state index is 0.169. The van der Waals surface area contributed by atoms with Gasteiger partial charge in [-0.3, -0.25) is 0 Å². The molecule has 0 aliphatic rings. The van der Waals surface area contributed by atoms with Crippen LogP contribution in [0.2, 0.25) is 0 Å². The summed E-state index contributed by atoms with van der Waals surface area (Å²) in [5, 5.41) is 8.42. The summed E-state index contributed by atoms with van der Waals surface area (Å²) in [5.41, 5.74) is 8.70. The molecule has 0 aliphatic carbocycles. The number of anilines is 1. The van der Waals surface area contributed by atoms with Crippen LogP contribution < -0.4 is 10.6 Å². The first-order chi connectivity index (χ1) is 8.13. The first-order valence-corrected chi connectivity index (χ1v) is 6.39. The van der Waals surface area contributed by atoms with Gasteiger partial charge in [0.05, 0.1) is 11.3 Å². The van der Waals surface area contributed by atoms with Crippen LogP contribution in [-0.4, -0.2) is 28.8 Å². The number of nitrogens with zero attached hydrogens (tertiary/aromatic N) is 3. The second-order valence-electron chi connectivity index (χ2n) is 5.89. The van der Waals surface area contributed by atoms with Crippen LogP contribution in [0.4, 0.5) is 5.82 Å². The Morgan fingerprint density at radius 2 is 1.83 bits per heavy atom. The highest BCUT2D eigenvalue weighted by atomic mass is 32.1. The lowest BCUT2D eigenvalue weighted by atomic mass is 9.96. The molecule has 0 amide bonds. The number of aromatic nitrogens is 2. The monoisotopic (exact) mass is 266 g/mol. The molecule has 1 heterocycles. The molecular weight excluding hydrogens is 244 g/mol. The van der Waals surface area contributed by atoms with Crippen LogP contribution in [0.25, 0.3) is 0 Å². The molecule has 5 heteroatoms. The Bertz CT molecular complexity index is 463. The molecule has 0 spiro atoms. The standard InChI is InChI=1S/C13H22N4S/c1-8-9(2)15-16-12(10(8)11(14)18)17(6)7-13(3,4)5/h7H2,1-6H3,(H2,14,18). The molecule has 0 radical (unpaired) electrons. The maximum Gasteiger partial charge on any atom is 0.161 e. The lowest BCUT2D eigenvalue weighted by Crippen LogP contribution is -2.32. The predicted octanol–water partition coefficient (Wildman–Crippen LogP) is 2.21. The van der Waals surface area contributed by atoms with Crippen LogP contribution >= 0.6 is 12.2 Å². The lowest BCUT2D eigenvalue weighted by molar-refractivity contribution is 0.417. The van der Waals surface area contributed by atoms with Gasteiger partial charge < -0.3 is 10.6 Å². The minimum atomic E-state index is 0.169. The highest BCUT2D eigenvalue weighted by molar-refractivity contribution is 7.80. The first kappa shape index (κ1) is 14.8. The molecule has 18 heavy (non-hydrogen) atoms. The van der Waals surface area contributed by atoms with E-state index in [4.69, 9.17) is 18.0 Å². The summed E-state index contributed by atoms with van der Waals surface area (Å²) >= 11 is 5.14. The van der Waals surface area contributed by atoms with E-state index in [2.05, 4.69) is 35.9 Å². The van der Waals surface area contributed by atoms with E-state index in [0.717, 1.165) is 29.2 Å². The normalized spacial score (nSPS) is 11.4. The van der Waals surface area contributed by atoms with Gasteiger partial charge in [0, 0.05) is 13.6 Å². The van der Waals surface area contributed by atoms with Crippen molar-refractivity contribution < 1.29 is 0 Å².